The van der Waals surface area contributed by atoms with E-state index in [2.05, 4.69) is 28.2 Å². The molecule has 188 valence electrons. The highest BCUT2D eigenvalue weighted by molar-refractivity contribution is 7.98. The van der Waals surface area contributed by atoms with Gasteiger partial charge in [-0.25, -0.2) is 9.78 Å². The number of aromatic nitrogens is 3. The van der Waals surface area contributed by atoms with Crippen LogP contribution in [0.4, 0.5) is 5.69 Å². The second-order valence-corrected chi connectivity index (χ2v) is 10.9. The van der Waals surface area contributed by atoms with Gasteiger partial charge in [0.15, 0.2) is 5.16 Å². The number of nitrogens with one attached hydrogen (secondary N) is 1. The van der Waals surface area contributed by atoms with E-state index in [0.29, 0.717) is 28.5 Å². The number of hydrogen-bond donors (Lipinski definition) is 2. The van der Waals surface area contributed by atoms with Gasteiger partial charge in [-0.2, -0.15) is 5.10 Å². The van der Waals surface area contributed by atoms with E-state index >= 15 is 0 Å². The van der Waals surface area contributed by atoms with Crippen molar-refractivity contribution in [1.29, 1.82) is 0 Å². The summed E-state index contributed by atoms with van der Waals surface area (Å²) in [7, 11) is 0. The van der Waals surface area contributed by atoms with Crippen LogP contribution in [0, 0.1) is 11.8 Å². The number of aromatic amines is 1. The van der Waals surface area contributed by atoms with Crippen molar-refractivity contribution in [2.75, 3.05) is 4.90 Å². The summed E-state index contributed by atoms with van der Waals surface area (Å²) in [5, 5.41) is 19.2. The lowest BCUT2D eigenvalue weighted by Gasteiger charge is -2.34. The monoisotopic (exact) mass is 506 g/mol. The quantitative estimate of drug-likeness (QED) is 0.284. The van der Waals surface area contributed by atoms with Crippen molar-refractivity contribution in [1.82, 2.24) is 15.2 Å². The van der Waals surface area contributed by atoms with Crippen molar-refractivity contribution in [3.8, 4) is 0 Å². The van der Waals surface area contributed by atoms with Crippen LogP contribution in [-0.4, -0.2) is 38.2 Å². The van der Waals surface area contributed by atoms with E-state index in [4.69, 9.17) is 4.42 Å². The van der Waals surface area contributed by atoms with Gasteiger partial charge < -0.3 is 14.4 Å². The molecule has 36 heavy (non-hydrogen) atoms. The first-order valence-corrected chi connectivity index (χ1v) is 13.3. The third kappa shape index (κ3) is 4.72. The van der Waals surface area contributed by atoms with Gasteiger partial charge in [-0.05, 0) is 75.3 Å². The Bertz CT molecular complexity index is 1400. The molecule has 2 aromatic carbocycles. The number of rotatable bonds is 7. The number of carboxylic acids is 1. The molecule has 9 heteroatoms. The summed E-state index contributed by atoms with van der Waals surface area (Å²) in [4.78, 5) is 31.8. The molecule has 0 saturated heterocycles. The minimum Gasteiger partial charge on any atom is -0.478 e. The number of aromatic carboxylic acids is 1. The van der Waals surface area contributed by atoms with E-state index in [1.165, 1.54) is 6.33 Å². The lowest BCUT2D eigenvalue weighted by Crippen LogP contribution is -2.42. The van der Waals surface area contributed by atoms with Crippen LogP contribution in [0.15, 0.2) is 46.2 Å². The van der Waals surface area contributed by atoms with Gasteiger partial charge >= 0.3 is 5.97 Å². The first kappa shape index (κ1) is 24.4. The van der Waals surface area contributed by atoms with E-state index in [1.807, 2.05) is 32.0 Å². The van der Waals surface area contributed by atoms with Crippen LogP contribution in [0.25, 0.3) is 21.9 Å². The van der Waals surface area contributed by atoms with Gasteiger partial charge in [0.1, 0.15) is 17.5 Å². The van der Waals surface area contributed by atoms with Crippen molar-refractivity contribution in [2.45, 2.75) is 63.4 Å². The molecule has 5 rings (SSSR count). The zero-order chi connectivity index (χ0) is 25.4. The maximum absolute atomic E-state index is 13.7. The van der Waals surface area contributed by atoms with Gasteiger partial charge in [0.2, 0.25) is 5.91 Å². The molecule has 1 fully saturated rings. The Labute approximate surface area is 213 Å². The molecule has 1 aliphatic carbocycles. The van der Waals surface area contributed by atoms with Crippen molar-refractivity contribution in [2.24, 2.45) is 11.8 Å². The zero-order valence-corrected chi connectivity index (χ0v) is 21.5. The number of H-pyrrole nitrogens is 1. The normalized spacial score (nSPS) is 18.2. The van der Waals surface area contributed by atoms with E-state index in [0.717, 1.165) is 47.2 Å². The number of carboxylic acid groups (broad SMARTS) is 1. The molecule has 2 heterocycles. The number of thioether (sulfide) groups is 1. The molecule has 1 aliphatic rings. The number of carbonyl (C=O) groups is 2. The minimum atomic E-state index is -1.08. The second kappa shape index (κ2) is 9.97. The first-order valence-electron chi connectivity index (χ1n) is 12.4. The molecule has 0 atom stereocenters. The van der Waals surface area contributed by atoms with Crippen LogP contribution in [0.1, 0.15) is 62.4 Å². The Morgan fingerprint density at radius 1 is 1.14 bits per heavy atom. The molecule has 8 nitrogen and oxygen atoms in total. The van der Waals surface area contributed by atoms with Crippen LogP contribution in [-0.2, 0) is 10.5 Å². The fourth-order valence-corrected chi connectivity index (χ4v) is 5.81. The topological polar surface area (TPSA) is 112 Å². The number of benzene rings is 2. The number of anilines is 1. The van der Waals surface area contributed by atoms with Gasteiger partial charge in [0.25, 0.3) is 0 Å². The fourth-order valence-electron chi connectivity index (χ4n) is 5.09. The number of hydrogen-bond acceptors (Lipinski definition) is 6. The highest BCUT2D eigenvalue weighted by atomic mass is 32.2. The SMILES string of the molecule is CC1CCC(C(=O)N(c2cc3c(cc2C(=O)O)oc2ccc(CSc4ncn[nH]4)cc23)C(C)C)CC1. The number of nitrogens with zero attached hydrogens (tertiary/aromatic N) is 3. The van der Waals surface area contributed by atoms with Crippen molar-refractivity contribution < 1.29 is 19.1 Å². The predicted octanol–water partition coefficient (Wildman–Crippen LogP) is 6.26. The second-order valence-electron chi connectivity index (χ2n) is 9.94. The van der Waals surface area contributed by atoms with E-state index in [9.17, 15) is 14.7 Å². The Balaban J connectivity index is 1.57. The summed E-state index contributed by atoms with van der Waals surface area (Å²) in [6.07, 6.45) is 5.21. The van der Waals surface area contributed by atoms with E-state index in [-0.39, 0.29) is 23.4 Å². The van der Waals surface area contributed by atoms with Crippen LogP contribution in [0.2, 0.25) is 0 Å². The van der Waals surface area contributed by atoms with Crippen LogP contribution in [0.5, 0.6) is 0 Å². The molecular weight excluding hydrogens is 476 g/mol. The number of amides is 1. The van der Waals surface area contributed by atoms with Gasteiger partial charge in [-0.15, -0.1) is 0 Å². The molecule has 0 spiro atoms. The first-order chi connectivity index (χ1) is 17.3. The Hall–Kier alpha value is -3.33. The number of fused-ring (bicyclic) bond motifs is 3. The summed E-state index contributed by atoms with van der Waals surface area (Å²) >= 11 is 1.54. The lowest BCUT2D eigenvalue weighted by atomic mass is 9.82. The average Bonchev–Trinajstić information content (AvgIpc) is 3.50. The molecule has 2 N–H and O–H groups in total. The van der Waals surface area contributed by atoms with Crippen LogP contribution >= 0.6 is 11.8 Å². The Morgan fingerprint density at radius 3 is 2.56 bits per heavy atom. The molecule has 1 amide bonds. The third-order valence-corrected chi connectivity index (χ3v) is 7.98. The van der Waals surface area contributed by atoms with E-state index in [1.54, 1.807) is 22.7 Å². The summed E-state index contributed by atoms with van der Waals surface area (Å²) in [6.45, 7) is 6.09. The minimum absolute atomic E-state index is 0.00990. The van der Waals surface area contributed by atoms with Gasteiger partial charge in [-0.1, -0.05) is 24.8 Å². The van der Waals surface area contributed by atoms with E-state index < -0.39 is 5.97 Å². The average molecular weight is 507 g/mol. The Morgan fingerprint density at radius 2 is 1.89 bits per heavy atom. The van der Waals surface area contributed by atoms with Crippen LogP contribution < -0.4 is 4.90 Å². The fraction of sp³-hybridized carbons (Fsp3) is 0.407. The third-order valence-electron chi connectivity index (χ3n) is 7.03. The molecule has 0 aliphatic heterocycles. The van der Waals surface area contributed by atoms with Crippen molar-refractivity contribution >= 4 is 51.3 Å². The standard InChI is InChI=1S/C27H30N4O4S/c1-15(2)31(25(32)18-7-4-16(3)5-8-18)22-11-20-19-10-17(13-36-27-28-14-29-30-27)6-9-23(19)35-24(20)12-21(22)26(33)34/h6,9-12,14-16,18H,4-5,7-8,13H2,1-3H3,(H,33,34)(H,28,29,30). The molecular formula is C27H30N4O4S. The summed E-state index contributed by atoms with van der Waals surface area (Å²) in [6, 6.07) is 9.14. The largest absolute Gasteiger partial charge is 0.478 e. The van der Waals surface area contributed by atoms with Crippen molar-refractivity contribution in [3.05, 3.63) is 47.8 Å². The molecule has 0 bridgehead atoms. The van der Waals surface area contributed by atoms with Crippen molar-refractivity contribution in [3.63, 3.8) is 0 Å². The Kier molecular flexibility index (Phi) is 6.75. The van der Waals surface area contributed by atoms with Gasteiger partial charge in [0.05, 0.1) is 11.3 Å². The number of furan rings is 1. The summed E-state index contributed by atoms with van der Waals surface area (Å²) in [5.74, 6) is 0.167. The predicted molar refractivity (Wildman–Crippen MR) is 140 cm³/mol. The highest BCUT2D eigenvalue weighted by Gasteiger charge is 2.33. The zero-order valence-electron chi connectivity index (χ0n) is 20.7. The highest BCUT2D eigenvalue weighted by Crippen LogP contribution is 2.38. The smallest absolute Gasteiger partial charge is 0.337 e. The maximum atomic E-state index is 13.7. The molecule has 4 aromatic rings. The number of carbonyl (C=O) groups excluding carboxylic acids is 1. The lowest BCUT2D eigenvalue weighted by molar-refractivity contribution is -0.123. The molecule has 0 radical (unpaired) electrons. The molecule has 2 aromatic heterocycles. The van der Waals surface area contributed by atoms with Gasteiger partial charge in [-0.3, -0.25) is 9.89 Å². The van der Waals surface area contributed by atoms with Crippen LogP contribution in [0.3, 0.4) is 0 Å². The van der Waals surface area contributed by atoms with Gasteiger partial charge in [0, 0.05) is 28.5 Å². The summed E-state index contributed by atoms with van der Waals surface area (Å²) < 4.78 is 6.03. The summed E-state index contributed by atoms with van der Waals surface area (Å²) in [5.41, 5.74) is 2.75. The molecule has 1 saturated carbocycles. The molecule has 0 unspecified atom stereocenters. The maximum Gasteiger partial charge on any atom is 0.337 e.